The maximum absolute atomic E-state index is 13.5. The summed E-state index contributed by atoms with van der Waals surface area (Å²) in [6.07, 6.45) is 2.09. The predicted molar refractivity (Wildman–Crippen MR) is 54.1 cm³/mol. The maximum atomic E-state index is 13.5. The van der Waals surface area contributed by atoms with Crippen molar-refractivity contribution < 1.29 is 9.13 Å². The first-order valence-electron chi connectivity index (χ1n) is 4.71. The van der Waals surface area contributed by atoms with Gasteiger partial charge in [-0.05, 0) is 11.8 Å². The third-order valence-corrected chi connectivity index (χ3v) is 2.65. The van der Waals surface area contributed by atoms with E-state index in [1.807, 2.05) is 20.8 Å². The van der Waals surface area contributed by atoms with Gasteiger partial charge in [0.05, 0.1) is 13.3 Å². The van der Waals surface area contributed by atoms with Crippen molar-refractivity contribution in [3.05, 3.63) is 23.6 Å². The Morgan fingerprint density at radius 1 is 1.50 bits per heavy atom. The molecule has 1 aromatic rings. The molecule has 0 atom stereocenters. The van der Waals surface area contributed by atoms with Crippen LogP contribution in [0, 0.1) is 5.82 Å². The zero-order chi connectivity index (χ0) is 10.8. The topological polar surface area (TPSA) is 22.1 Å². The summed E-state index contributed by atoms with van der Waals surface area (Å²) in [5.41, 5.74) is 0.479. The Labute approximate surface area is 84.1 Å². The van der Waals surface area contributed by atoms with Crippen molar-refractivity contribution in [1.29, 1.82) is 0 Å². The van der Waals surface area contributed by atoms with E-state index in [0.717, 1.165) is 6.42 Å². The Kier molecular flexibility index (Phi) is 3.09. The fraction of sp³-hybridized carbons (Fsp3) is 0.545. The molecular weight excluding hydrogens is 181 g/mol. The molecule has 0 aliphatic heterocycles. The molecule has 0 N–H and O–H groups in total. The van der Waals surface area contributed by atoms with E-state index in [-0.39, 0.29) is 11.2 Å². The Morgan fingerprint density at radius 2 is 2.14 bits per heavy atom. The number of methoxy groups -OCH3 is 1. The van der Waals surface area contributed by atoms with Crippen molar-refractivity contribution in [3.63, 3.8) is 0 Å². The average molecular weight is 197 g/mol. The summed E-state index contributed by atoms with van der Waals surface area (Å²) in [5, 5.41) is 0. The molecule has 78 valence electrons. The Bertz CT molecular complexity index is 323. The highest BCUT2D eigenvalue weighted by Gasteiger charge is 2.22. The normalized spacial score (nSPS) is 11.5. The minimum Gasteiger partial charge on any atom is -0.481 e. The quantitative estimate of drug-likeness (QED) is 0.743. The van der Waals surface area contributed by atoms with Crippen molar-refractivity contribution in [2.45, 2.75) is 32.6 Å². The van der Waals surface area contributed by atoms with Crippen molar-refractivity contribution in [2.24, 2.45) is 0 Å². The van der Waals surface area contributed by atoms with Crippen LogP contribution >= 0.6 is 0 Å². The highest BCUT2D eigenvalue weighted by atomic mass is 19.1. The number of aromatic nitrogens is 1. The smallest absolute Gasteiger partial charge is 0.213 e. The zero-order valence-electron chi connectivity index (χ0n) is 9.10. The third kappa shape index (κ3) is 2.03. The maximum Gasteiger partial charge on any atom is 0.213 e. The molecule has 0 aliphatic rings. The summed E-state index contributed by atoms with van der Waals surface area (Å²) in [7, 11) is 1.53. The van der Waals surface area contributed by atoms with Gasteiger partial charge < -0.3 is 4.74 Å². The van der Waals surface area contributed by atoms with Gasteiger partial charge in [0.2, 0.25) is 5.88 Å². The van der Waals surface area contributed by atoms with Crippen LogP contribution in [0.3, 0.4) is 0 Å². The molecule has 0 bridgehead atoms. The van der Waals surface area contributed by atoms with E-state index < -0.39 is 0 Å². The molecule has 0 unspecified atom stereocenters. The Hall–Kier alpha value is -1.12. The van der Waals surface area contributed by atoms with Gasteiger partial charge in [0, 0.05) is 11.6 Å². The number of hydrogen-bond acceptors (Lipinski definition) is 2. The minimum absolute atomic E-state index is 0.180. The molecule has 0 aliphatic carbocycles. The van der Waals surface area contributed by atoms with Crippen molar-refractivity contribution >= 4 is 0 Å². The highest BCUT2D eigenvalue weighted by Crippen LogP contribution is 2.30. The van der Waals surface area contributed by atoms with Crippen LogP contribution in [0.25, 0.3) is 0 Å². The van der Waals surface area contributed by atoms with E-state index in [2.05, 4.69) is 4.98 Å². The molecule has 0 amide bonds. The summed E-state index contributed by atoms with van der Waals surface area (Å²) in [6, 6.07) is 1.67. The molecule has 1 aromatic heterocycles. The molecule has 14 heavy (non-hydrogen) atoms. The molecule has 0 fully saturated rings. The molecule has 0 spiro atoms. The van der Waals surface area contributed by atoms with Crippen LogP contribution < -0.4 is 4.74 Å². The van der Waals surface area contributed by atoms with Gasteiger partial charge in [-0.2, -0.15) is 0 Å². The monoisotopic (exact) mass is 197 g/mol. The molecule has 2 nitrogen and oxygen atoms in total. The van der Waals surface area contributed by atoms with Gasteiger partial charge in [0.1, 0.15) is 5.82 Å². The Morgan fingerprint density at radius 3 is 2.64 bits per heavy atom. The number of halogens is 1. The first-order valence-corrected chi connectivity index (χ1v) is 4.71. The summed E-state index contributed by atoms with van der Waals surface area (Å²) >= 11 is 0. The van der Waals surface area contributed by atoms with Crippen molar-refractivity contribution in [3.8, 4) is 5.88 Å². The van der Waals surface area contributed by atoms with Crippen LogP contribution in [-0.2, 0) is 5.41 Å². The molecule has 0 saturated carbocycles. The summed E-state index contributed by atoms with van der Waals surface area (Å²) in [6.45, 7) is 6.04. The number of rotatable bonds is 3. The van der Waals surface area contributed by atoms with Gasteiger partial charge in [-0.25, -0.2) is 9.37 Å². The number of nitrogens with zero attached hydrogens (tertiary/aromatic N) is 1. The molecule has 1 heterocycles. The number of ether oxygens (including phenoxy) is 1. The van der Waals surface area contributed by atoms with Crippen molar-refractivity contribution in [2.75, 3.05) is 7.11 Å². The lowest BCUT2D eigenvalue weighted by Gasteiger charge is -2.23. The fourth-order valence-corrected chi connectivity index (χ4v) is 1.24. The van der Waals surface area contributed by atoms with E-state index in [1.165, 1.54) is 13.3 Å². The highest BCUT2D eigenvalue weighted by molar-refractivity contribution is 5.28. The van der Waals surface area contributed by atoms with E-state index in [1.54, 1.807) is 6.07 Å². The van der Waals surface area contributed by atoms with Gasteiger partial charge >= 0.3 is 0 Å². The lowest BCUT2D eigenvalue weighted by Crippen LogP contribution is -2.17. The third-order valence-electron chi connectivity index (χ3n) is 2.65. The van der Waals surface area contributed by atoms with Gasteiger partial charge in [-0.1, -0.05) is 20.8 Å². The molecular formula is C11H16FNO. The van der Waals surface area contributed by atoms with Gasteiger partial charge in [0.25, 0.3) is 0 Å². The molecule has 3 heteroatoms. The second kappa shape index (κ2) is 3.95. The fourth-order valence-electron chi connectivity index (χ4n) is 1.24. The van der Waals surface area contributed by atoms with Gasteiger partial charge in [-0.15, -0.1) is 0 Å². The minimum atomic E-state index is -0.266. The van der Waals surface area contributed by atoms with Crippen LogP contribution in [0.15, 0.2) is 12.3 Å². The van der Waals surface area contributed by atoms with Crippen LogP contribution in [0.5, 0.6) is 5.88 Å². The molecule has 0 saturated heterocycles. The summed E-state index contributed by atoms with van der Waals surface area (Å²) in [4.78, 5) is 3.81. The number of hydrogen-bond donors (Lipinski definition) is 0. The lowest BCUT2D eigenvalue weighted by molar-refractivity contribution is 0.388. The first kappa shape index (κ1) is 11.0. The lowest BCUT2D eigenvalue weighted by atomic mass is 9.82. The zero-order valence-corrected chi connectivity index (χ0v) is 9.10. The SMILES string of the molecule is CCC(C)(C)c1cc(OC)ncc1F. The second-order valence-electron chi connectivity index (χ2n) is 3.94. The van der Waals surface area contributed by atoms with Crippen LogP contribution in [0.2, 0.25) is 0 Å². The second-order valence-corrected chi connectivity index (χ2v) is 3.94. The van der Waals surface area contributed by atoms with E-state index in [9.17, 15) is 4.39 Å². The van der Waals surface area contributed by atoms with Gasteiger partial charge in [-0.3, -0.25) is 0 Å². The van der Waals surface area contributed by atoms with Crippen LogP contribution in [-0.4, -0.2) is 12.1 Å². The van der Waals surface area contributed by atoms with E-state index in [0.29, 0.717) is 11.4 Å². The largest absolute Gasteiger partial charge is 0.481 e. The van der Waals surface area contributed by atoms with E-state index in [4.69, 9.17) is 4.74 Å². The van der Waals surface area contributed by atoms with Crippen LogP contribution in [0.4, 0.5) is 4.39 Å². The molecule has 0 aromatic carbocycles. The van der Waals surface area contributed by atoms with E-state index >= 15 is 0 Å². The first-order chi connectivity index (χ1) is 6.51. The molecule has 0 radical (unpaired) electrons. The predicted octanol–water partition coefficient (Wildman–Crippen LogP) is 2.92. The average Bonchev–Trinajstić information content (AvgIpc) is 2.18. The Balaban J connectivity index is 3.18. The van der Waals surface area contributed by atoms with Crippen LogP contribution in [0.1, 0.15) is 32.8 Å². The summed E-state index contributed by atoms with van der Waals surface area (Å²) < 4.78 is 18.4. The van der Waals surface area contributed by atoms with Crippen molar-refractivity contribution in [1.82, 2.24) is 4.98 Å². The number of pyridine rings is 1. The van der Waals surface area contributed by atoms with Gasteiger partial charge in [0.15, 0.2) is 0 Å². The summed E-state index contributed by atoms with van der Waals surface area (Å²) in [5.74, 6) is 0.195. The molecule has 1 rings (SSSR count). The standard InChI is InChI=1S/C11H16FNO/c1-5-11(2,3)8-6-10(14-4)13-7-9(8)12/h6-7H,5H2,1-4H3.